The molecule has 2 N–H and O–H groups in total. The lowest BCUT2D eigenvalue weighted by Crippen LogP contribution is -2.10. The molecule has 4 rings (SSSR count). The largest absolute Gasteiger partial charge is 0.363 e. The number of hydrogen-bond donors (Lipinski definition) is 2. The second kappa shape index (κ2) is 11.3. The third-order valence-electron chi connectivity index (χ3n) is 5.57. The molecule has 2 aromatic carbocycles. The van der Waals surface area contributed by atoms with Gasteiger partial charge in [0.05, 0.1) is 11.4 Å². The van der Waals surface area contributed by atoms with Gasteiger partial charge in [0, 0.05) is 28.6 Å². The quantitative estimate of drug-likeness (QED) is 0.145. The lowest BCUT2D eigenvalue weighted by atomic mass is 10.1. The smallest absolute Gasteiger partial charge is 0.186 e. The summed E-state index contributed by atoms with van der Waals surface area (Å²) >= 11 is 2.43. The number of nitrogens with one attached hydrogen (secondary N) is 2. The standard InChI is InChI=1S/C26H26FIN6/c1-18(29)21-7-3-20(4-8-21)16-30-26-25(27)24(31-17-32-26)12-9-22(28)15-19-5-10-23(11-6-19)34-14-2-13-33-34/h2-8,10-11,13-14,17,22,29H,9,12,15-16H2,1H3,(H,30,31,32). The molecule has 0 fully saturated rings. The summed E-state index contributed by atoms with van der Waals surface area (Å²) in [7, 11) is 0. The van der Waals surface area contributed by atoms with E-state index < -0.39 is 0 Å². The van der Waals surface area contributed by atoms with E-state index in [0.29, 0.717) is 28.3 Å². The van der Waals surface area contributed by atoms with Gasteiger partial charge in [0.2, 0.25) is 0 Å². The van der Waals surface area contributed by atoms with Crippen LogP contribution in [0, 0.1) is 11.2 Å². The number of hydrogen-bond acceptors (Lipinski definition) is 5. The van der Waals surface area contributed by atoms with Crippen LogP contribution in [-0.4, -0.2) is 29.4 Å². The van der Waals surface area contributed by atoms with Crippen LogP contribution in [0.15, 0.2) is 73.3 Å². The predicted molar refractivity (Wildman–Crippen MR) is 142 cm³/mol. The molecule has 0 aliphatic heterocycles. The van der Waals surface area contributed by atoms with Crippen molar-refractivity contribution in [3.05, 3.63) is 102 Å². The number of aromatic nitrogens is 4. The highest BCUT2D eigenvalue weighted by atomic mass is 127. The van der Waals surface area contributed by atoms with Crippen LogP contribution in [0.2, 0.25) is 0 Å². The summed E-state index contributed by atoms with van der Waals surface area (Å²) in [6, 6.07) is 17.9. The Morgan fingerprint density at radius 1 is 1.09 bits per heavy atom. The Kier molecular flexibility index (Phi) is 7.99. The molecule has 1 atom stereocenters. The number of anilines is 1. The molecule has 6 nitrogen and oxygen atoms in total. The van der Waals surface area contributed by atoms with Gasteiger partial charge < -0.3 is 10.7 Å². The Bertz CT molecular complexity index is 1220. The zero-order valence-corrected chi connectivity index (χ0v) is 21.0. The van der Waals surface area contributed by atoms with Gasteiger partial charge in [-0.25, -0.2) is 19.0 Å². The van der Waals surface area contributed by atoms with E-state index in [1.165, 1.54) is 11.9 Å². The lowest BCUT2D eigenvalue weighted by molar-refractivity contribution is 0.586. The SMILES string of the molecule is CC(=N)c1ccc(CNc2ncnc(CCC(I)Cc3ccc(-n4cccn4)cc3)c2F)cc1. The van der Waals surface area contributed by atoms with Gasteiger partial charge in [0.25, 0.3) is 0 Å². The van der Waals surface area contributed by atoms with Crippen molar-refractivity contribution in [1.29, 1.82) is 5.41 Å². The molecule has 0 aliphatic carbocycles. The van der Waals surface area contributed by atoms with Gasteiger partial charge >= 0.3 is 0 Å². The Morgan fingerprint density at radius 3 is 2.50 bits per heavy atom. The topological polar surface area (TPSA) is 79.5 Å². The predicted octanol–water partition coefficient (Wildman–Crippen LogP) is 5.78. The van der Waals surface area contributed by atoms with E-state index in [4.69, 9.17) is 5.41 Å². The van der Waals surface area contributed by atoms with Crippen molar-refractivity contribution in [2.45, 2.75) is 36.7 Å². The molecule has 0 spiro atoms. The van der Waals surface area contributed by atoms with Crippen molar-refractivity contribution >= 4 is 34.1 Å². The molecule has 0 amide bonds. The summed E-state index contributed by atoms with van der Waals surface area (Å²) in [6.07, 6.45) is 7.37. The summed E-state index contributed by atoms with van der Waals surface area (Å²) in [5.41, 5.74) is 5.10. The Balaban J connectivity index is 1.30. The molecule has 2 aromatic heterocycles. The highest BCUT2D eigenvalue weighted by Crippen LogP contribution is 2.21. The van der Waals surface area contributed by atoms with Gasteiger partial charge in [-0.2, -0.15) is 5.10 Å². The molecule has 4 aromatic rings. The van der Waals surface area contributed by atoms with Gasteiger partial charge in [-0.15, -0.1) is 0 Å². The molecular weight excluding hydrogens is 542 g/mol. The second-order valence-corrected chi connectivity index (χ2v) is 9.88. The minimum atomic E-state index is -0.387. The van der Waals surface area contributed by atoms with Gasteiger partial charge in [0.15, 0.2) is 11.6 Å². The fraction of sp³-hybridized carbons (Fsp3) is 0.231. The number of halogens is 2. The van der Waals surface area contributed by atoms with E-state index in [1.807, 2.05) is 41.2 Å². The average molecular weight is 568 g/mol. The van der Waals surface area contributed by atoms with Crippen LogP contribution < -0.4 is 5.32 Å². The van der Waals surface area contributed by atoms with Gasteiger partial charge in [-0.1, -0.05) is 59.0 Å². The van der Waals surface area contributed by atoms with Crippen LogP contribution in [-0.2, 0) is 19.4 Å². The van der Waals surface area contributed by atoms with Gasteiger partial charge in [0.1, 0.15) is 6.33 Å². The van der Waals surface area contributed by atoms with Crippen molar-refractivity contribution in [2.75, 3.05) is 5.32 Å². The fourth-order valence-corrected chi connectivity index (χ4v) is 4.44. The second-order valence-electron chi connectivity index (χ2n) is 8.12. The molecule has 0 radical (unpaired) electrons. The summed E-state index contributed by atoms with van der Waals surface area (Å²) in [5, 5.41) is 15.0. The maximum Gasteiger partial charge on any atom is 0.186 e. The first-order chi connectivity index (χ1) is 16.5. The van der Waals surface area contributed by atoms with Crippen LogP contribution in [0.25, 0.3) is 5.69 Å². The minimum Gasteiger partial charge on any atom is -0.363 e. The zero-order valence-electron chi connectivity index (χ0n) is 18.9. The monoisotopic (exact) mass is 568 g/mol. The summed E-state index contributed by atoms with van der Waals surface area (Å²) in [4.78, 5) is 8.26. The van der Waals surface area contributed by atoms with Crippen LogP contribution in [0.3, 0.4) is 0 Å². The maximum absolute atomic E-state index is 15.0. The molecule has 0 saturated heterocycles. The molecule has 174 valence electrons. The number of alkyl halides is 1. The molecule has 0 aliphatic rings. The van der Waals surface area contributed by atoms with Crippen LogP contribution >= 0.6 is 22.6 Å². The van der Waals surface area contributed by atoms with Crippen LogP contribution in [0.4, 0.5) is 10.2 Å². The summed E-state index contributed by atoms with van der Waals surface area (Å²) < 4.78 is 17.2. The number of benzene rings is 2. The molecule has 34 heavy (non-hydrogen) atoms. The highest BCUT2D eigenvalue weighted by molar-refractivity contribution is 14.1. The van der Waals surface area contributed by atoms with Crippen molar-refractivity contribution in [3.8, 4) is 5.69 Å². The number of aryl methyl sites for hydroxylation is 1. The Labute approximate surface area is 212 Å². The molecule has 0 saturated carbocycles. The average Bonchev–Trinajstić information content (AvgIpc) is 3.38. The van der Waals surface area contributed by atoms with Crippen LogP contribution in [0.5, 0.6) is 0 Å². The first-order valence-electron chi connectivity index (χ1n) is 11.1. The van der Waals surface area contributed by atoms with E-state index in [-0.39, 0.29) is 11.6 Å². The lowest BCUT2D eigenvalue weighted by Gasteiger charge is -2.12. The van der Waals surface area contributed by atoms with Crippen molar-refractivity contribution in [1.82, 2.24) is 19.7 Å². The maximum atomic E-state index is 15.0. The number of nitrogens with zero attached hydrogens (tertiary/aromatic N) is 4. The van der Waals surface area contributed by atoms with E-state index >= 15 is 0 Å². The number of rotatable bonds is 10. The van der Waals surface area contributed by atoms with E-state index in [2.05, 4.69) is 67.2 Å². The normalized spacial score (nSPS) is 11.9. The molecule has 8 heteroatoms. The molecule has 2 heterocycles. The third kappa shape index (κ3) is 6.25. The first-order valence-corrected chi connectivity index (χ1v) is 12.3. The third-order valence-corrected chi connectivity index (χ3v) is 6.63. The van der Waals surface area contributed by atoms with Crippen molar-refractivity contribution in [2.24, 2.45) is 0 Å². The van der Waals surface area contributed by atoms with Crippen molar-refractivity contribution in [3.63, 3.8) is 0 Å². The Hall–Kier alpha value is -3.14. The van der Waals surface area contributed by atoms with Gasteiger partial charge in [-0.3, -0.25) is 0 Å². The van der Waals surface area contributed by atoms with E-state index in [1.54, 1.807) is 13.1 Å². The molecule has 1 unspecified atom stereocenters. The van der Waals surface area contributed by atoms with E-state index in [9.17, 15) is 4.39 Å². The fourth-order valence-electron chi connectivity index (χ4n) is 3.62. The minimum absolute atomic E-state index is 0.219. The van der Waals surface area contributed by atoms with E-state index in [0.717, 1.165) is 29.7 Å². The van der Waals surface area contributed by atoms with Crippen molar-refractivity contribution < 1.29 is 4.39 Å². The Morgan fingerprint density at radius 2 is 1.82 bits per heavy atom. The van der Waals surface area contributed by atoms with Gasteiger partial charge in [-0.05, 0) is 61.1 Å². The molecule has 0 bridgehead atoms. The zero-order chi connectivity index (χ0) is 23.9. The highest BCUT2D eigenvalue weighted by Gasteiger charge is 2.14. The summed E-state index contributed by atoms with van der Waals surface area (Å²) in [5.74, 6) is -0.168. The first kappa shape index (κ1) is 24.0. The summed E-state index contributed by atoms with van der Waals surface area (Å²) in [6.45, 7) is 2.21. The van der Waals surface area contributed by atoms with Crippen LogP contribution in [0.1, 0.15) is 35.7 Å². The molecular formula is C26H26FIN6.